The molecule has 105 valence electrons. The maximum absolute atomic E-state index is 11.9. The van der Waals surface area contributed by atoms with Crippen LogP contribution in [0.4, 0.5) is 0 Å². The topological polar surface area (TPSA) is 30.2 Å². The summed E-state index contributed by atoms with van der Waals surface area (Å²) in [6, 6.07) is 10.4. The zero-order chi connectivity index (χ0) is 13.7. The molecule has 0 saturated heterocycles. The summed E-state index contributed by atoms with van der Waals surface area (Å²) in [7, 11) is 0. The van der Waals surface area contributed by atoms with E-state index in [0.29, 0.717) is 18.5 Å². The Labute approximate surface area is 189 Å². The van der Waals surface area contributed by atoms with Crippen LogP contribution in [0, 0.1) is 33.1 Å². The van der Waals surface area contributed by atoms with E-state index in [-0.39, 0.29) is 59.2 Å². The zero-order valence-electron chi connectivity index (χ0n) is 11.2. The molecule has 0 atom stereocenters. The predicted molar refractivity (Wildman–Crippen MR) is 91.7 cm³/mol. The molecule has 1 aliphatic carbocycles. The fourth-order valence-corrected chi connectivity index (χ4v) is 3.71. The zero-order valence-corrected chi connectivity index (χ0v) is 21.3. The van der Waals surface area contributed by atoms with E-state index in [2.05, 4.69) is 12.1 Å². The molecule has 0 spiro atoms. The van der Waals surface area contributed by atoms with Crippen molar-refractivity contribution in [2.45, 2.75) is 13.8 Å². The van der Waals surface area contributed by atoms with E-state index in [1.54, 1.807) is 0 Å². The predicted octanol–water partition coefficient (Wildman–Crippen LogP) is 4.32. The van der Waals surface area contributed by atoms with Crippen molar-refractivity contribution < 1.29 is 58.2 Å². The molecule has 0 unspecified atom stereocenters. The Hall–Kier alpha value is 1.16. The molecule has 1 aromatic carbocycles. The summed E-state index contributed by atoms with van der Waals surface area (Å²) in [4.78, 5) is 11.9. The largest absolute Gasteiger partial charge is 0.551 e. The molecule has 1 aliphatic heterocycles. The summed E-state index contributed by atoms with van der Waals surface area (Å²) in [6.07, 6.45) is 0. The van der Waals surface area contributed by atoms with Crippen molar-refractivity contribution in [1.82, 2.24) is 0 Å². The fraction of sp³-hybridized carbons (Fsp3) is 0.133. The number of hydrogen-bond acceptors (Lipinski definition) is 2. The van der Waals surface area contributed by atoms with Crippen molar-refractivity contribution >= 4 is 56.2 Å². The molecule has 0 saturated carbocycles. The van der Waals surface area contributed by atoms with Crippen LogP contribution in [0.15, 0.2) is 21.3 Å². The van der Waals surface area contributed by atoms with Gasteiger partial charge in [0.15, 0.2) is 5.43 Å². The minimum Gasteiger partial charge on any atom is -0.551 e. The maximum Gasteiger partial charge on any atom is 0.193 e. The van der Waals surface area contributed by atoms with Crippen molar-refractivity contribution in [1.29, 1.82) is 0 Å². The van der Waals surface area contributed by atoms with E-state index < -0.39 is 0 Å². The molecule has 0 amide bonds. The van der Waals surface area contributed by atoms with Gasteiger partial charge in [0, 0.05) is 57.3 Å². The smallest absolute Gasteiger partial charge is 0.193 e. The van der Waals surface area contributed by atoms with Gasteiger partial charge in [-0.3, -0.25) is 4.79 Å². The average Bonchev–Trinajstić information content (AvgIpc) is 2.37. The van der Waals surface area contributed by atoms with E-state index >= 15 is 0 Å². The van der Waals surface area contributed by atoms with Crippen molar-refractivity contribution in [2.24, 2.45) is 0 Å². The van der Waals surface area contributed by atoms with Gasteiger partial charge < -0.3 is 4.42 Å². The van der Waals surface area contributed by atoms with Crippen LogP contribution in [0.5, 0.6) is 0 Å². The molecule has 21 heavy (non-hydrogen) atoms. The SMILES string of the molecule is Cc1[c-]c2oc3c(I)c(=O)c(I)cc-3[c-]c2cc1C.[W].[Y]. The van der Waals surface area contributed by atoms with E-state index in [1.165, 1.54) is 0 Å². The third kappa shape index (κ3) is 3.81. The second kappa shape index (κ2) is 7.82. The van der Waals surface area contributed by atoms with Crippen molar-refractivity contribution in [2.75, 3.05) is 0 Å². The number of halogens is 2. The van der Waals surface area contributed by atoms with Crippen LogP contribution in [-0.4, -0.2) is 0 Å². The second-order valence-electron chi connectivity index (χ2n) is 4.43. The van der Waals surface area contributed by atoms with Gasteiger partial charge >= 0.3 is 0 Å². The van der Waals surface area contributed by atoms with E-state index in [0.717, 1.165) is 22.1 Å². The van der Waals surface area contributed by atoms with Gasteiger partial charge in [-0.05, 0) is 45.2 Å². The second-order valence-corrected chi connectivity index (χ2v) is 6.67. The van der Waals surface area contributed by atoms with Crippen molar-refractivity contribution in [3.05, 3.63) is 52.8 Å². The Morgan fingerprint density at radius 3 is 2.48 bits per heavy atom. The Morgan fingerprint density at radius 2 is 1.81 bits per heavy atom. The monoisotopic (exact) mass is 747 g/mol. The minimum absolute atomic E-state index is 0. The third-order valence-corrected chi connectivity index (χ3v) is 4.88. The minimum atomic E-state index is 0. The molecular formula is C15H8I2O2WY-2. The van der Waals surface area contributed by atoms with E-state index in [9.17, 15) is 4.79 Å². The Morgan fingerprint density at radius 1 is 1.14 bits per heavy atom. The van der Waals surface area contributed by atoms with Crippen molar-refractivity contribution in [3.8, 4) is 11.3 Å². The summed E-state index contributed by atoms with van der Waals surface area (Å²) >= 11 is 4.08. The summed E-state index contributed by atoms with van der Waals surface area (Å²) < 4.78 is 7.14. The van der Waals surface area contributed by atoms with Crippen molar-refractivity contribution in [3.63, 3.8) is 0 Å². The summed E-state index contributed by atoms with van der Waals surface area (Å²) in [5.41, 5.74) is 3.69. The normalized spacial score (nSPS) is 10.3. The fourth-order valence-electron chi connectivity index (χ4n) is 1.92. The molecule has 0 bridgehead atoms. The first kappa shape index (κ1) is 20.2. The number of aryl methyl sites for hydroxylation is 2. The molecule has 6 heteroatoms. The van der Waals surface area contributed by atoms with Gasteiger partial charge in [-0.1, -0.05) is 31.1 Å². The van der Waals surface area contributed by atoms with Crippen LogP contribution < -0.4 is 5.43 Å². The molecule has 2 aliphatic rings. The van der Waals surface area contributed by atoms with Crippen LogP contribution in [0.2, 0.25) is 0 Å². The summed E-state index contributed by atoms with van der Waals surface area (Å²) in [5.74, 6) is 0.595. The molecule has 1 aromatic rings. The number of fused-ring (bicyclic) bond motifs is 2. The molecule has 0 fully saturated rings. The standard InChI is InChI=1S/C15H8I2O2.W.Y/c1-7-3-9-5-10-6-11(16)14(18)13(17)15(10)19-12(9)4-8(7)2;;/h3,6H,1-2H3;;/q-2;;. The summed E-state index contributed by atoms with van der Waals surface area (Å²) in [5, 5.41) is 0.890. The molecular weight excluding hydrogens is 739 g/mol. The summed E-state index contributed by atoms with van der Waals surface area (Å²) in [6.45, 7) is 4.03. The molecule has 3 rings (SSSR count). The number of hydrogen-bond donors (Lipinski definition) is 0. The molecule has 0 aromatic heterocycles. The molecule has 0 N–H and O–H groups in total. The van der Waals surface area contributed by atoms with Gasteiger partial charge in [0.1, 0.15) is 0 Å². The van der Waals surface area contributed by atoms with Gasteiger partial charge in [-0.15, -0.1) is 0 Å². The number of rotatable bonds is 0. The maximum atomic E-state index is 11.9. The van der Waals surface area contributed by atoms with Gasteiger partial charge in [0.25, 0.3) is 0 Å². The Balaban J connectivity index is 0.00000110. The third-order valence-electron chi connectivity index (χ3n) is 3.10. The first-order valence-electron chi connectivity index (χ1n) is 5.65. The Bertz CT molecular complexity index is 845. The first-order chi connectivity index (χ1) is 8.97. The molecule has 1 radical (unpaired) electrons. The van der Waals surface area contributed by atoms with Gasteiger partial charge in [-0.25, -0.2) is 6.07 Å². The van der Waals surface area contributed by atoms with Gasteiger partial charge in [0.2, 0.25) is 0 Å². The van der Waals surface area contributed by atoms with Crippen LogP contribution in [0.25, 0.3) is 22.3 Å². The van der Waals surface area contributed by atoms with E-state index in [1.807, 2.05) is 71.2 Å². The first-order valence-corrected chi connectivity index (χ1v) is 7.80. The molecule has 2 nitrogen and oxygen atoms in total. The Kier molecular flexibility index (Phi) is 7.53. The quantitative estimate of drug-likeness (QED) is 0.195. The van der Waals surface area contributed by atoms with Gasteiger partial charge in [-0.2, -0.15) is 28.6 Å². The van der Waals surface area contributed by atoms with Crippen LogP contribution in [0.1, 0.15) is 11.1 Å². The van der Waals surface area contributed by atoms with Crippen LogP contribution >= 0.6 is 45.2 Å². The molecule has 1 heterocycles. The van der Waals surface area contributed by atoms with Gasteiger partial charge in [0.05, 0.1) is 9.33 Å². The van der Waals surface area contributed by atoms with Crippen LogP contribution in [0.3, 0.4) is 0 Å². The van der Waals surface area contributed by atoms with Crippen LogP contribution in [-0.2, 0) is 53.8 Å². The number of benzene rings is 2. The van der Waals surface area contributed by atoms with E-state index in [4.69, 9.17) is 4.42 Å². The average molecular weight is 747 g/mol.